The van der Waals surface area contributed by atoms with Gasteiger partial charge in [-0.2, -0.15) is 0 Å². The second-order valence-corrected chi connectivity index (χ2v) is 6.18. The van der Waals surface area contributed by atoms with Gasteiger partial charge in [0.15, 0.2) is 10.9 Å². The van der Waals surface area contributed by atoms with E-state index in [4.69, 9.17) is 4.74 Å². The first-order valence-electron chi connectivity index (χ1n) is 7.51. The molecule has 1 heterocycles. The predicted molar refractivity (Wildman–Crippen MR) is 94.8 cm³/mol. The number of fused-ring (bicyclic) bond motifs is 1. The number of hydrogen-bond donors (Lipinski definition) is 1. The lowest BCUT2D eigenvalue weighted by atomic mass is 10.1. The van der Waals surface area contributed by atoms with Crippen LogP contribution in [0.3, 0.4) is 0 Å². The fourth-order valence-electron chi connectivity index (χ4n) is 2.42. The monoisotopic (exact) mass is 326 g/mol. The Morgan fingerprint density at radius 3 is 2.87 bits per heavy atom. The third-order valence-corrected chi connectivity index (χ3v) is 4.65. The van der Waals surface area contributed by atoms with E-state index in [9.17, 15) is 4.79 Å². The topological polar surface area (TPSA) is 51.2 Å². The number of benzene rings is 2. The van der Waals surface area contributed by atoms with Crippen molar-refractivity contribution in [3.63, 3.8) is 0 Å². The maximum absolute atomic E-state index is 12.3. The van der Waals surface area contributed by atoms with Gasteiger partial charge in [-0.1, -0.05) is 42.5 Å². The van der Waals surface area contributed by atoms with Gasteiger partial charge in [0.1, 0.15) is 5.75 Å². The number of para-hydroxylation sites is 1. The molecule has 0 saturated heterocycles. The molecule has 0 fully saturated rings. The first-order valence-corrected chi connectivity index (χ1v) is 8.32. The van der Waals surface area contributed by atoms with Crippen molar-refractivity contribution in [2.45, 2.75) is 13.3 Å². The number of thiazole rings is 1. The Balaban J connectivity index is 1.74. The number of rotatable bonds is 6. The Labute approximate surface area is 139 Å². The molecule has 0 aliphatic heterocycles. The molecular formula is C18H18N2O2S. The van der Waals surface area contributed by atoms with Crippen molar-refractivity contribution < 1.29 is 9.53 Å². The molecule has 5 heteroatoms. The van der Waals surface area contributed by atoms with Crippen molar-refractivity contribution in [1.29, 1.82) is 0 Å². The predicted octanol–water partition coefficient (Wildman–Crippen LogP) is 4.16. The van der Waals surface area contributed by atoms with Gasteiger partial charge in [0.25, 0.3) is 0 Å². The number of methoxy groups -OCH3 is 1. The van der Waals surface area contributed by atoms with Gasteiger partial charge in [0.05, 0.1) is 23.9 Å². The normalized spacial score (nSPS) is 10.7. The van der Waals surface area contributed by atoms with Crippen LogP contribution in [0.5, 0.6) is 5.75 Å². The highest BCUT2D eigenvalue weighted by Crippen LogP contribution is 2.28. The molecule has 0 saturated carbocycles. The van der Waals surface area contributed by atoms with E-state index < -0.39 is 0 Å². The third-order valence-electron chi connectivity index (χ3n) is 3.68. The molecule has 1 aromatic heterocycles. The van der Waals surface area contributed by atoms with Gasteiger partial charge in [0, 0.05) is 5.56 Å². The van der Waals surface area contributed by atoms with Crippen LogP contribution in [0.15, 0.2) is 42.5 Å². The van der Waals surface area contributed by atoms with Crippen molar-refractivity contribution in [2.24, 2.45) is 0 Å². The van der Waals surface area contributed by atoms with Crippen LogP contribution in [-0.2, 0) is 6.42 Å². The lowest BCUT2D eigenvalue weighted by Crippen LogP contribution is -2.13. The maximum Gasteiger partial charge on any atom is 0.184 e. The van der Waals surface area contributed by atoms with Crippen LogP contribution < -0.4 is 10.1 Å². The molecule has 118 valence electrons. The van der Waals surface area contributed by atoms with E-state index in [2.05, 4.69) is 29.4 Å². The molecule has 0 atom stereocenters. The molecule has 0 aliphatic carbocycles. The molecule has 0 aliphatic rings. The van der Waals surface area contributed by atoms with E-state index >= 15 is 0 Å². The molecule has 23 heavy (non-hydrogen) atoms. The zero-order chi connectivity index (χ0) is 16.2. The number of carbonyl (C=O) groups excluding carboxylic acids is 1. The van der Waals surface area contributed by atoms with Gasteiger partial charge in [-0.15, -0.1) is 0 Å². The van der Waals surface area contributed by atoms with Crippen LogP contribution in [0.25, 0.3) is 10.2 Å². The molecule has 0 bridgehead atoms. The smallest absolute Gasteiger partial charge is 0.184 e. The second-order valence-electron chi connectivity index (χ2n) is 5.15. The fourth-order valence-corrected chi connectivity index (χ4v) is 3.33. The number of ketones is 1. The van der Waals surface area contributed by atoms with Crippen molar-refractivity contribution in [3.05, 3.63) is 53.6 Å². The minimum atomic E-state index is 0.0128. The zero-order valence-corrected chi connectivity index (χ0v) is 13.9. The summed E-state index contributed by atoms with van der Waals surface area (Å²) < 4.78 is 6.29. The Bertz CT molecular complexity index is 842. The SMILES string of the molecule is CCc1cccc2sc(NCC(=O)c3cccc(OC)c3)nc12. The van der Waals surface area contributed by atoms with Crippen LogP contribution in [0.4, 0.5) is 5.13 Å². The van der Waals surface area contributed by atoms with E-state index in [0.717, 1.165) is 21.8 Å². The van der Waals surface area contributed by atoms with E-state index in [1.807, 2.05) is 18.2 Å². The van der Waals surface area contributed by atoms with E-state index in [-0.39, 0.29) is 12.3 Å². The van der Waals surface area contributed by atoms with E-state index in [1.165, 1.54) is 5.56 Å². The van der Waals surface area contributed by atoms with E-state index in [0.29, 0.717) is 11.3 Å². The second kappa shape index (κ2) is 6.79. The molecular weight excluding hydrogens is 308 g/mol. The number of carbonyl (C=O) groups is 1. The summed E-state index contributed by atoms with van der Waals surface area (Å²) in [6.45, 7) is 2.34. The quantitative estimate of drug-likeness (QED) is 0.691. The van der Waals surface area contributed by atoms with Crippen molar-refractivity contribution in [3.8, 4) is 5.75 Å². The number of aryl methyl sites for hydroxylation is 1. The maximum atomic E-state index is 12.3. The average molecular weight is 326 g/mol. The number of ether oxygens (including phenoxy) is 1. The van der Waals surface area contributed by atoms with Gasteiger partial charge >= 0.3 is 0 Å². The Morgan fingerprint density at radius 2 is 2.09 bits per heavy atom. The summed E-state index contributed by atoms with van der Waals surface area (Å²) >= 11 is 1.57. The number of nitrogens with zero attached hydrogens (tertiary/aromatic N) is 1. The van der Waals surface area contributed by atoms with Crippen LogP contribution in [-0.4, -0.2) is 24.4 Å². The molecule has 4 nitrogen and oxygen atoms in total. The number of nitrogens with one attached hydrogen (secondary N) is 1. The molecule has 3 aromatic rings. The van der Waals surface area contributed by atoms with Crippen molar-refractivity contribution in [1.82, 2.24) is 4.98 Å². The summed E-state index contributed by atoms with van der Waals surface area (Å²) in [5, 5.41) is 3.91. The highest BCUT2D eigenvalue weighted by molar-refractivity contribution is 7.22. The van der Waals surface area contributed by atoms with Crippen molar-refractivity contribution >= 4 is 32.5 Å². The molecule has 2 aromatic carbocycles. The van der Waals surface area contributed by atoms with Crippen LogP contribution >= 0.6 is 11.3 Å². The molecule has 3 rings (SSSR count). The molecule has 0 spiro atoms. The summed E-state index contributed by atoms with van der Waals surface area (Å²) in [7, 11) is 1.59. The molecule has 1 N–H and O–H groups in total. The standard InChI is InChI=1S/C18H18N2O2S/c1-3-12-6-5-9-16-17(12)20-18(23-16)19-11-15(21)13-7-4-8-14(10-13)22-2/h4-10H,3,11H2,1-2H3,(H,19,20). The number of hydrogen-bond acceptors (Lipinski definition) is 5. The van der Waals surface area contributed by atoms with E-state index in [1.54, 1.807) is 30.6 Å². The van der Waals surface area contributed by atoms with Crippen LogP contribution in [0.2, 0.25) is 0 Å². The number of anilines is 1. The van der Waals surface area contributed by atoms with Crippen molar-refractivity contribution in [2.75, 3.05) is 19.0 Å². The Morgan fingerprint density at radius 1 is 1.26 bits per heavy atom. The van der Waals surface area contributed by atoms with Gasteiger partial charge in [0.2, 0.25) is 0 Å². The fraction of sp³-hybridized carbons (Fsp3) is 0.222. The van der Waals surface area contributed by atoms with Gasteiger partial charge in [-0.05, 0) is 30.2 Å². The van der Waals surface area contributed by atoms with Gasteiger partial charge in [-0.3, -0.25) is 4.79 Å². The molecule has 0 amide bonds. The number of aromatic nitrogens is 1. The van der Waals surface area contributed by atoms with Crippen LogP contribution in [0.1, 0.15) is 22.8 Å². The largest absolute Gasteiger partial charge is 0.497 e. The highest BCUT2D eigenvalue weighted by atomic mass is 32.1. The molecule has 0 unspecified atom stereocenters. The van der Waals surface area contributed by atoms with Gasteiger partial charge in [-0.25, -0.2) is 4.98 Å². The summed E-state index contributed by atoms with van der Waals surface area (Å²) in [5.74, 6) is 0.697. The summed E-state index contributed by atoms with van der Waals surface area (Å²) in [5.41, 5.74) is 2.88. The lowest BCUT2D eigenvalue weighted by Gasteiger charge is -2.04. The average Bonchev–Trinajstić information content (AvgIpc) is 3.02. The first kappa shape index (κ1) is 15.5. The molecule has 0 radical (unpaired) electrons. The van der Waals surface area contributed by atoms with Crippen LogP contribution in [0, 0.1) is 0 Å². The summed E-state index contributed by atoms with van der Waals surface area (Å²) in [4.78, 5) is 16.9. The third kappa shape index (κ3) is 3.35. The Kier molecular flexibility index (Phi) is 4.57. The van der Waals surface area contributed by atoms with Gasteiger partial charge < -0.3 is 10.1 Å². The first-order chi connectivity index (χ1) is 11.2. The Hall–Kier alpha value is -2.40. The summed E-state index contributed by atoms with van der Waals surface area (Å²) in [6.07, 6.45) is 0.948. The highest BCUT2D eigenvalue weighted by Gasteiger charge is 2.10. The number of Topliss-reactive ketones (excluding diaryl/α,β-unsaturated/α-hetero) is 1. The lowest BCUT2D eigenvalue weighted by molar-refractivity contribution is 0.101. The zero-order valence-electron chi connectivity index (χ0n) is 13.1. The summed E-state index contributed by atoms with van der Waals surface area (Å²) in [6, 6.07) is 13.4. The minimum Gasteiger partial charge on any atom is -0.497 e. The minimum absolute atomic E-state index is 0.0128.